The molecule has 1 N–H and O–H groups in total. The standard InChI is InChI=1S/C20H29NO/c1-22-19-14-9-4-2-3-8-13-18(19)20(15-10-16-21-20)17-11-6-5-7-12-17/h5-7,11-12,14,18,21H,2-4,8-10,13,15-16H2,1H3/b19-14+. The van der Waals surface area contributed by atoms with Gasteiger partial charge in [0.2, 0.25) is 0 Å². The van der Waals surface area contributed by atoms with Gasteiger partial charge in [0.25, 0.3) is 0 Å². The molecule has 22 heavy (non-hydrogen) atoms. The van der Waals surface area contributed by atoms with E-state index in [0.717, 1.165) is 13.0 Å². The van der Waals surface area contributed by atoms with E-state index in [1.807, 2.05) is 7.11 Å². The second kappa shape index (κ2) is 7.32. The summed E-state index contributed by atoms with van der Waals surface area (Å²) in [5.41, 5.74) is 1.49. The maximum Gasteiger partial charge on any atom is 0.0968 e. The monoisotopic (exact) mass is 299 g/mol. The first-order valence-corrected chi connectivity index (χ1v) is 8.91. The third-order valence-corrected chi connectivity index (χ3v) is 5.44. The molecule has 0 bridgehead atoms. The minimum Gasteiger partial charge on any atom is -0.501 e. The fourth-order valence-corrected chi connectivity index (χ4v) is 4.34. The van der Waals surface area contributed by atoms with E-state index in [9.17, 15) is 0 Å². The Hall–Kier alpha value is -1.28. The zero-order valence-corrected chi connectivity index (χ0v) is 13.8. The van der Waals surface area contributed by atoms with Gasteiger partial charge in [-0.2, -0.15) is 0 Å². The molecule has 0 spiro atoms. The van der Waals surface area contributed by atoms with Crippen LogP contribution in [0.2, 0.25) is 0 Å². The quantitative estimate of drug-likeness (QED) is 0.868. The van der Waals surface area contributed by atoms with Crippen molar-refractivity contribution in [1.29, 1.82) is 0 Å². The van der Waals surface area contributed by atoms with Crippen molar-refractivity contribution < 1.29 is 4.74 Å². The van der Waals surface area contributed by atoms with Gasteiger partial charge in [-0.3, -0.25) is 0 Å². The van der Waals surface area contributed by atoms with Crippen LogP contribution in [0.25, 0.3) is 0 Å². The first kappa shape index (κ1) is 15.6. The summed E-state index contributed by atoms with van der Waals surface area (Å²) in [4.78, 5) is 0. The molecule has 2 atom stereocenters. The summed E-state index contributed by atoms with van der Waals surface area (Å²) in [6.07, 6.45) is 12.5. The van der Waals surface area contributed by atoms with Gasteiger partial charge in [0.15, 0.2) is 0 Å². The molecule has 0 radical (unpaired) electrons. The number of allylic oxidation sites excluding steroid dienone is 1. The molecular weight excluding hydrogens is 270 g/mol. The van der Waals surface area contributed by atoms with Crippen LogP contribution in [0, 0.1) is 5.92 Å². The van der Waals surface area contributed by atoms with E-state index in [2.05, 4.69) is 41.7 Å². The normalized spacial score (nSPS) is 32.4. The van der Waals surface area contributed by atoms with Crippen molar-refractivity contribution in [2.45, 2.75) is 56.9 Å². The number of rotatable bonds is 3. The van der Waals surface area contributed by atoms with Gasteiger partial charge in [-0.1, -0.05) is 49.6 Å². The van der Waals surface area contributed by atoms with Crippen LogP contribution in [-0.2, 0) is 10.3 Å². The fraction of sp³-hybridized carbons (Fsp3) is 0.600. The summed E-state index contributed by atoms with van der Waals surface area (Å²) in [5, 5.41) is 3.87. The summed E-state index contributed by atoms with van der Waals surface area (Å²) < 4.78 is 5.87. The fourth-order valence-electron chi connectivity index (χ4n) is 4.34. The van der Waals surface area contributed by atoms with Gasteiger partial charge < -0.3 is 10.1 Å². The highest BCUT2D eigenvalue weighted by atomic mass is 16.5. The molecule has 2 nitrogen and oxygen atoms in total. The Morgan fingerprint density at radius 2 is 1.86 bits per heavy atom. The number of ether oxygens (including phenoxy) is 1. The molecule has 1 heterocycles. The van der Waals surface area contributed by atoms with E-state index in [-0.39, 0.29) is 5.54 Å². The molecule has 1 aliphatic heterocycles. The molecule has 0 aromatic heterocycles. The molecule has 120 valence electrons. The summed E-state index contributed by atoms with van der Waals surface area (Å²) in [6.45, 7) is 1.11. The molecule has 1 aromatic carbocycles. The van der Waals surface area contributed by atoms with Gasteiger partial charge in [0.05, 0.1) is 18.4 Å². The molecule has 1 aromatic rings. The van der Waals surface area contributed by atoms with Crippen molar-refractivity contribution >= 4 is 0 Å². The van der Waals surface area contributed by atoms with Gasteiger partial charge in [-0.05, 0) is 50.3 Å². The highest BCUT2D eigenvalue weighted by Crippen LogP contribution is 2.44. The Morgan fingerprint density at radius 1 is 1.05 bits per heavy atom. The molecular formula is C20H29NO. The number of hydrogen-bond acceptors (Lipinski definition) is 2. The summed E-state index contributed by atoms with van der Waals surface area (Å²) in [7, 11) is 1.85. The van der Waals surface area contributed by atoms with E-state index in [1.165, 1.54) is 56.3 Å². The van der Waals surface area contributed by atoms with Crippen molar-refractivity contribution in [2.75, 3.05) is 13.7 Å². The average Bonchev–Trinajstić information content (AvgIpc) is 3.09. The number of methoxy groups -OCH3 is 1. The first-order chi connectivity index (χ1) is 10.9. The first-order valence-electron chi connectivity index (χ1n) is 8.91. The molecule has 2 aliphatic rings. The minimum absolute atomic E-state index is 0.0629. The van der Waals surface area contributed by atoms with Crippen LogP contribution in [0.1, 0.15) is 56.9 Å². The van der Waals surface area contributed by atoms with Crippen LogP contribution in [0.3, 0.4) is 0 Å². The third-order valence-electron chi connectivity index (χ3n) is 5.44. The largest absolute Gasteiger partial charge is 0.501 e. The molecule has 1 saturated heterocycles. The molecule has 0 amide bonds. The van der Waals surface area contributed by atoms with Crippen LogP contribution < -0.4 is 5.32 Å². The predicted molar refractivity (Wildman–Crippen MR) is 91.6 cm³/mol. The predicted octanol–water partition coefficient (Wildman–Crippen LogP) is 4.77. The zero-order chi connectivity index (χ0) is 15.3. The minimum atomic E-state index is 0.0629. The Labute approximate surface area is 135 Å². The van der Waals surface area contributed by atoms with Crippen LogP contribution in [0.4, 0.5) is 0 Å². The van der Waals surface area contributed by atoms with Crippen LogP contribution in [0.15, 0.2) is 42.2 Å². The number of nitrogens with one attached hydrogen (secondary N) is 1. The van der Waals surface area contributed by atoms with E-state index in [4.69, 9.17) is 4.74 Å². The Balaban J connectivity index is 1.99. The third kappa shape index (κ3) is 3.08. The summed E-state index contributed by atoms with van der Waals surface area (Å²) in [6, 6.07) is 11.0. The summed E-state index contributed by atoms with van der Waals surface area (Å²) >= 11 is 0. The van der Waals surface area contributed by atoms with Crippen molar-refractivity contribution in [1.82, 2.24) is 5.32 Å². The van der Waals surface area contributed by atoms with E-state index in [0.29, 0.717) is 5.92 Å². The van der Waals surface area contributed by atoms with Crippen molar-refractivity contribution in [2.24, 2.45) is 5.92 Å². The Morgan fingerprint density at radius 3 is 2.59 bits per heavy atom. The zero-order valence-electron chi connectivity index (χ0n) is 13.8. The van der Waals surface area contributed by atoms with E-state index in [1.54, 1.807) is 0 Å². The van der Waals surface area contributed by atoms with E-state index >= 15 is 0 Å². The van der Waals surface area contributed by atoms with Crippen LogP contribution in [0.5, 0.6) is 0 Å². The second-order valence-corrected chi connectivity index (χ2v) is 6.72. The van der Waals surface area contributed by atoms with E-state index < -0.39 is 0 Å². The lowest BCUT2D eigenvalue weighted by molar-refractivity contribution is 0.156. The highest BCUT2D eigenvalue weighted by Gasteiger charge is 2.44. The lowest BCUT2D eigenvalue weighted by Gasteiger charge is -2.39. The number of hydrogen-bond donors (Lipinski definition) is 1. The van der Waals surface area contributed by atoms with Gasteiger partial charge >= 0.3 is 0 Å². The molecule has 2 heteroatoms. The summed E-state index contributed by atoms with van der Waals surface area (Å²) in [5.74, 6) is 1.67. The van der Waals surface area contributed by atoms with Gasteiger partial charge in [0.1, 0.15) is 0 Å². The topological polar surface area (TPSA) is 21.3 Å². The van der Waals surface area contributed by atoms with Crippen molar-refractivity contribution in [3.05, 3.63) is 47.7 Å². The van der Waals surface area contributed by atoms with Crippen LogP contribution >= 0.6 is 0 Å². The number of benzene rings is 1. The highest BCUT2D eigenvalue weighted by molar-refractivity contribution is 5.30. The molecule has 1 fully saturated rings. The molecule has 0 saturated carbocycles. The maximum atomic E-state index is 5.87. The lowest BCUT2D eigenvalue weighted by Crippen LogP contribution is -2.45. The molecule has 1 aliphatic carbocycles. The molecule has 2 unspecified atom stereocenters. The van der Waals surface area contributed by atoms with Crippen LogP contribution in [-0.4, -0.2) is 13.7 Å². The van der Waals surface area contributed by atoms with Crippen molar-refractivity contribution in [3.8, 4) is 0 Å². The lowest BCUT2D eigenvalue weighted by atomic mass is 9.73. The maximum absolute atomic E-state index is 5.87. The Kier molecular flexibility index (Phi) is 5.20. The van der Waals surface area contributed by atoms with Crippen molar-refractivity contribution in [3.63, 3.8) is 0 Å². The smallest absolute Gasteiger partial charge is 0.0968 e. The van der Waals surface area contributed by atoms with Gasteiger partial charge in [0, 0.05) is 5.92 Å². The second-order valence-electron chi connectivity index (χ2n) is 6.72. The average molecular weight is 299 g/mol. The van der Waals surface area contributed by atoms with Gasteiger partial charge in [-0.25, -0.2) is 0 Å². The van der Waals surface area contributed by atoms with Gasteiger partial charge in [-0.15, -0.1) is 0 Å². The Bertz CT molecular complexity index is 488. The SMILES string of the molecule is CO/C1=C/CCCCCCC1C1(c2ccccc2)CCCN1. The molecule has 3 rings (SSSR count).